The minimum Gasteiger partial charge on any atom is -0.394 e. The van der Waals surface area contributed by atoms with Crippen LogP contribution in [-0.4, -0.2) is 28.9 Å². The Hall–Kier alpha value is -0.520. The van der Waals surface area contributed by atoms with Gasteiger partial charge in [-0.15, -0.1) is 11.8 Å². The van der Waals surface area contributed by atoms with Crippen molar-refractivity contribution in [1.82, 2.24) is 5.32 Å². The zero-order valence-electron chi connectivity index (χ0n) is 9.28. The van der Waals surface area contributed by atoms with E-state index in [9.17, 15) is 4.79 Å². The molecule has 0 heterocycles. The highest BCUT2D eigenvalue weighted by molar-refractivity contribution is 9.10. The lowest BCUT2D eigenvalue weighted by atomic mass is 10.3. The van der Waals surface area contributed by atoms with Crippen molar-refractivity contribution in [3.05, 3.63) is 28.7 Å². The number of hydrogen-bond acceptors (Lipinski definition) is 3. The first kappa shape index (κ1) is 12.9. The predicted octanol–water partition coefficient (Wildman–Crippen LogP) is 2.18. The molecule has 2 rings (SSSR count). The Morgan fingerprint density at radius 3 is 2.59 bits per heavy atom. The van der Waals surface area contributed by atoms with Gasteiger partial charge in [0.15, 0.2) is 0 Å². The highest BCUT2D eigenvalue weighted by atomic mass is 79.9. The average molecular weight is 316 g/mol. The summed E-state index contributed by atoms with van der Waals surface area (Å²) in [5, 5.41) is 12.0. The number of thioether (sulfide) groups is 1. The summed E-state index contributed by atoms with van der Waals surface area (Å²) in [5.41, 5.74) is -0.308. The van der Waals surface area contributed by atoms with E-state index < -0.39 is 0 Å². The van der Waals surface area contributed by atoms with E-state index in [1.807, 2.05) is 24.3 Å². The molecule has 1 aliphatic rings. The topological polar surface area (TPSA) is 49.3 Å². The molecule has 2 N–H and O–H groups in total. The van der Waals surface area contributed by atoms with Crippen LogP contribution < -0.4 is 5.32 Å². The van der Waals surface area contributed by atoms with Crippen LogP contribution in [-0.2, 0) is 4.79 Å². The lowest BCUT2D eigenvalue weighted by molar-refractivity contribution is -0.119. The van der Waals surface area contributed by atoms with Crippen LogP contribution in [0.3, 0.4) is 0 Å². The molecule has 3 nitrogen and oxygen atoms in total. The van der Waals surface area contributed by atoms with Crippen LogP contribution in [0.15, 0.2) is 33.6 Å². The van der Waals surface area contributed by atoms with Gasteiger partial charge in [0.05, 0.1) is 17.9 Å². The second-order valence-electron chi connectivity index (χ2n) is 4.23. The predicted molar refractivity (Wildman–Crippen MR) is 72.1 cm³/mol. The van der Waals surface area contributed by atoms with Crippen LogP contribution >= 0.6 is 27.7 Å². The number of carbonyl (C=O) groups is 1. The molecule has 0 radical (unpaired) electrons. The minimum atomic E-state index is -0.308. The number of rotatable bonds is 5. The van der Waals surface area contributed by atoms with Crippen molar-refractivity contribution in [3.8, 4) is 0 Å². The first-order valence-corrected chi connectivity index (χ1v) is 7.22. The maximum absolute atomic E-state index is 11.6. The summed E-state index contributed by atoms with van der Waals surface area (Å²) in [5.74, 6) is 0.382. The first-order chi connectivity index (χ1) is 8.13. The summed E-state index contributed by atoms with van der Waals surface area (Å²) in [6.07, 6.45) is 1.77. The molecule has 0 aromatic heterocycles. The molecule has 1 aliphatic carbocycles. The number of amides is 1. The van der Waals surface area contributed by atoms with Crippen molar-refractivity contribution in [2.24, 2.45) is 0 Å². The van der Waals surface area contributed by atoms with Crippen LogP contribution in [0, 0.1) is 0 Å². The standard InChI is InChI=1S/C12H14BrNO2S/c13-9-1-3-10(4-2-9)17-7-11(16)14-12(8-15)5-6-12/h1-4,15H,5-8H2,(H,14,16). The normalized spacial score (nSPS) is 16.6. The Labute approximate surface area is 113 Å². The molecule has 1 amide bonds. The van der Waals surface area contributed by atoms with Gasteiger partial charge in [0, 0.05) is 9.37 Å². The fraction of sp³-hybridized carbons (Fsp3) is 0.417. The van der Waals surface area contributed by atoms with Gasteiger partial charge in [-0.2, -0.15) is 0 Å². The third kappa shape index (κ3) is 3.72. The van der Waals surface area contributed by atoms with Gasteiger partial charge in [-0.25, -0.2) is 0 Å². The van der Waals surface area contributed by atoms with Gasteiger partial charge in [0.2, 0.25) is 5.91 Å². The van der Waals surface area contributed by atoms with E-state index in [1.54, 1.807) is 0 Å². The van der Waals surface area contributed by atoms with Gasteiger partial charge in [-0.1, -0.05) is 15.9 Å². The third-order valence-corrected chi connectivity index (χ3v) is 4.29. The molecule has 0 unspecified atom stereocenters. The molecule has 1 aromatic rings. The van der Waals surface area contributed by atoms with Gasteiger partial charge in [-0.05, 0) is 37.1 Å². The van der Waals surface area contributed by atoms with Crippen LogP contribution in [0.25, 0.3) is 0 Å². The number of benzene rings is 1. The number of hydrogen-bond donors (Lipinski definition) is 2. The third-order valence-electron chi connectivity index (χ3n) is 2.74. The van der Waals surface area contributed by atoms with E-state index >= 15 is 0 Å². The lowest BCUT2D eigenvalue weighted by Crippen LogP contribution is -2.40. The average Bonchev–Trinajstić information content (AvgIpc) is 3.09. The van der Waals surface area contributed by atoms with Crippen molar-refractivity contribution in [2.45, 2.75) is 23.3 Å². The Bertz CT molecular complexity index is 403. The fourth-order valence-corrected chi connectivity index (χ4v) is 2.45. The summed E-state index contributed by atoms with van der Waals surface area (Å²) in [6, 6.07) is 7.86. The van der Waals surface area contributed by atoms with Crippen LogP contribution in [0.5, 0.6) is 0 Å². The van der Waals surface area contributed by atoms with Crippen molar-refractivity contribution in [3.63, 3.8) is 0 Å². The SMILES string of the molecule is O=C(CSc1ccc(Br)cc1)NC1(CO)CC1. The summed E-state index contributed by atoms with van der Waals surface area (Å²) < 4.78 is 1.03. The molecular weight excluding hydrogens is 302 g/mol. The Balaban J connectivity index is 1.78. The van der Waals surface area contributed by atoms with E-state index in [-0.39, 0.29) is 18.1 Å². The summed E-state index contributed by atoms with van der Waals surface area (Å²) >= 11 is 4.87. The number of halogens is 1. The van der Waals surface area contributed by atoms with E-state index in [4.69, 9.17) is 5.11 Å². The van der Waals surface area contributed by atoms with Gasteiger partial charge < -0.3 is 10.4 Å². The summed E-state index contributed by atoms with van der Waals surface area (Å²) in [4.78, 5) is 12.7. The molecule has 0 spiro atoms. The van der Waals surface area contributed by atoms with Crippen LogP contribution in [0.4, 0.5) is 0 Å². The smallest absolute Gasteiger partial charge is 0.230 e. The zero-order valence-corrected chi connectivity index (χ0v) is 11.7. The van der Waals surface area contributed by atoms with Crippen molar-refractivity contribution in [2.75, 3.05) is 12.4 Å². The Kier molecular flexibility index (Phi) is 4.12. The largest absolute Gasteiger partial charge is 0.394 e. The second-order valence-corrected chi connectivity index (χ2v) is 6.19. The van der Waals surface area contributed by atoms with Crippen LogP contribution in [0.2, 0.25) is 0 Å². The van der Waals surface area contributed by atoms with Gasteiger partial charge in [0.1, 0.15) is 0 Å². The highest BCUT2D eigenvalue weighted by Crippen LogP contribution is 2.34. The minimum absolute atomic E-state index is 0.00975. The fourth-order valence-electron chi connectivity index (χ4n) is 1.49. The molecule has 92 valence electrons. The number of aliphatic hydroxyl groups excluding tert-OH is 1. The zero-order chi connectivity index (χ0) is 12.3. The van der Waals surface area contributed by atoms with E-state index in [0.29, 0.717) is 5.75 Å². The van der Waals surface area contributed by atoms with Crippen LogP contribution in [0.1, 0.15) is 12.8 Å². The van der Waals surface area contributed by atoms with Crippen molar-refractivity contribution < 1.29 is 9.90 Å². The maximum Gasteiger partial charge on any atom is 0.230 e. The van der Waals surface area contributed by atoms with E-state index in [0.717, 1.165) is 22.2 Å². The van der Waals surface area contributed by atoms with E-state index in [2.05, 4.69) is 21.2 Å². The molecule has 5 heteroatoms. The quantitative estimate of drug-likeness (QED) is 0.819. The molecule has 1 fully saturated rings. The Morgan fingerprint density at radius 1 is 1.41 bits per heavy atom. The van der Waals surface area contributed by atoms with Gasteiger partial charge in [0.25, 0.3) is 0 Å². The molecule has 1 saturated carbocycles. The van der Waals surface area contributed by atoms with Gasteiger partial charge in [-0.3, -0.25) is 4.79 Å². The molecule has 1 aromatic carbocycles. The molecule has 0 bridgehead atoms. The monoisotopic (exact) mass is 315 g/mol. The van der Waals surface area contributed by atoms with Crippen molar-refractivity contribution in [1.29, 1.82) is 0 Å². The second kappa shape index (κ2) is 5.42. The number of carbonyl (C=O) groups excluding carboxylic acids is 1. The van der Waals surface area contributed by atoms with Gasteiger partial charge >= 0.3 is 0 Å². The molecule has 0 aliphatic heterocycles. The van der Waals surface area contributed by atoms with Crippen molar-refractivity contribution >= 4 is 33.6 Å². The number of nitrogens with one attached hydrogen (secondary N) is 1. The molecular formula is C12H14BrNO2S. The summed E-state index contributed by atoms with van der Waals surface area (Å²) in [6.45, 7) is 0.0433. The Morgan fingerprint density at radius 2 is 2.06 bits per heavy atom. The highest BCUT2D eigenvalue weighted by Gasteiger charge is 2.43. The summed E-state index contributed by atoms with van der Waals surface area (Å²) in [7, 11) is 0. The number of aliphatic hydroxyl groups is 1. The maximum atomic E-state index is 11.6. The first-order valence-electron chi connectivity index (χ1n) is 5.44. The molecule has 0 atom stereocenters. The molecule has 17 heavy (non-hydrogen) atoms. The lowest BCUT2D eigenvalue weighted by Gasteiger charge is -2.13. The van der Waals surface area contributed by atoms with E-state index in [1.165, 1.54) is 11.8 Å². The molecule has 0 saturated heterocycles.